The van der Waals surface area contributed by atoms with Gasteiger partial charge >= 0.3 is 6.03 Å². The first-order valence-corrected chi connectivity index (χ1v) is 4.15. The fourth-order valence-electron chi connectivity index (χ4n) is 1.07. The summed E-state index contributed by atoms with van der Waals surface area (Å²) in [5.41, 5.74) is 0. The number of amides is 2. The summed E-state index contributed by atoms with van der Waals surface area (Å²) in [5, 5.41) is 14.4. The van der Waals surface area contributed by atoms with Crippen LogP contribution >= 0.6 is 0 Å². The van der Waals surface area contributed by atoms with Crippen LogP contribution in [0.4, 0.5) is 4.79 Å². The summed E-state index contributed by atoms with van der Waals surface area (Å²) >= 11 is 0. The van der Waals surface area contributed by atoms with Gasteiger partial charge in [0, 0.05) is 6.54 Å². The second-order valence-electron chi connectivity index (χ2n) is 2.85. The Labute approximate surface area is 76.8 Å². The van der Waals surface area contributed by atoms with Gasteiger partial charge in [0.05, 0.1) is 25.4 Å². The Morgan fingerprint density at radius 1 is 1.69 bits per heavy atom. The number of nitrogens with one attached hydrogen (secondary N) is 2. The van der Waals surface area contributed by atoms with E-state index in [2.05, 4.69) is 17.2 Å². The van der Waals surface area contributed by atoms with Gasteiger partial charge in [-0.15, -0.1) is 6.58 Å². The van der Waals surface area contributed by atoms with Gasteiger partial charge < -0.3 is 20.5 Å². The zero-order valence-electron chi connectivity index (χ0n) is 7.32. The molecule has 0 bridgehead atoms. The number of aliphatic hydroxyl groups is 1. The number of hydrogen-bond donors (Lipinski definition) is 3. The van der Waals surface area contributed by atoms with E-state index in [0.29, 0.717) is 13.2 Å². The highest BCUT2D eigenvalue weighted by atomic mass is 16.5. The van der Waals surface area contributed by atoms with E-state index in [1.807, 2.05) is 0 Å². The standard InChI is InChI=1S/C8H14N2O3/c1-2-3-9-8(12)10-6-4-13-5-7(6)11/h2,6-7,11H,1,3-5H2,(H2,9,10,12). The highest BCUT2D eigenvalue weighted by molar-refractivity contribution is 5.74. The van der Waals surface area contributed by atoms with E-state index < -0.39 is 6.10 Å². The molecule has 0 aliphatic carbocycles. The number of ether oxygens (including phenoxy) is 1. The quantitative estimate of drug-likeness (QED) is 0.507. The summed E-state index contributed by atoms with van der Waals surface area (Å²) < 4.78 is 4.96. The molecule has 1 heterocycles. The van der Waals surface area contributed by atoms with Crippen molar-refractivity contribution in [2.45, 2.75) is 12.1 Å². The Kier molecular flexibility index (Phi) is 3.72. The van der Waals surface area contributed by atoms with E-state index in [1.54, 1.807) is 6.08 Å². The van der Waals surface area contributed by atoms with Crippen molar-refractivity contribution in [2.24, 2.45) is 0 Å². The maximum absolute atomic E-state index is 11.1. The van der Waals surface area contributed by atoms with Crippen molar-refractivity contribution in [3.8, 4) is 0 Å². The SMILES string of the molecule is C=CCNC(=O)NC1COCC1O. The maximum Gasteiger partial charge on any atom is 0.315 e. The van der Waals surface area contributed by atoms with E-state index >= 15 is 0 Å². The highest BCUT2D eigenvalue weighted by Crippen LogP contribution is 2.04. The van der Waals surface area contributed by atoms with Gasteiger partial charge in [-0.1, -0.05) is 6.08 Å². The minimum Gasteiger partial charge on any atom is -0.388 e. The van der Waals surface area contributed by atoms with Crippen LogP contribution in [0, 0.1) is 0 Å². The molecule has 74 valence electrons. The first kappa shape index (κ1) is 10.0. The molecule has 2 atom stereocenters. The summed E-state index contributed by atoms with van der Waals surface area (Å²) in [6.07, 6.45) is 0.982. The monoisotopic (exact) mass is 186 g/mol. The molecule has 3 N–H and O–H groups in total. The van der Waals surface area contributed by atoms with Crippen LogP contribution in [-0.2, 0) is 4.74 Å². The first-order chi connectivity index (χ1) is 6.24. The predicted octanol–water partition coefficient (Wildman–Crippen LogP) is -0.769. The summed E-state index contributed by atoms with van der Waals surface area (Å²) in [4.78, 5) is 11.1. The molecule has 13 heavy (non-hydrogen) atoms. The average Bonchev–Trinajstić information content (AvgIpc) is 2.48. The summed E-state index contributed by atoms with van der Waals surface area (Å²) in [6, 6.07) is -0.612. The van der Waals surface area contributed by atoms with Crippen LogP contribution < -0.4 is 10.6 Å². The van der Waals surface area contributed by atoms with E-state index in [0.717, 1.165) is 0 Å². The molecule has 0 aromatic carbocycles. The molecule has 1 aliphatic rings. The molecular formula is C8H14N2O3. The lowest BCUT2D eigenvalue weighted by Crippen LogP contribution is -2.47. The van der Waals surface area contributed by atoms with Gasteiger partial charge in [0.2, 0.25) is 0 Å². The van der Waals surface area contributed by atoms with Crippen molar-refractivity contribution in [3.05, 3.63) is 12.7 Å². The second-order valence-corrected chi connectivity index (χ2v) is 2.85. The Hall–Kier alpha value is -1.07. The van der Waals surface area contributed by atoms with Crippen molar-refractivity contribution in [1.29, 1.82) is 0 Å². The van der Waals surface area contributed by atoms with Crippen LogP contribution in [0.25, 0.3) is 0 Å². The van der Waals surface area contributed by atoms with Crippen LogP contribution in [0.15, 0.2) is 12.7 Å². The first-order valence-electron chi connectivity index (χ1n) is 4.15. The lowest BCUT2D eigenvalue weighted by molar-refractivity contribution is 0.123. The largest absolute Gasteiger partial charge is 0.388 e. The molecule has 5 heteroatoms. The molecular weight excluding hydrogens is 172 g/mol. The number of aliphatic hydroxyl groups excluding tert-OH is 1. The van der Waals surface area contributed by atoms with Gasteiger partial charge in [-0.25, -0.2) is 4.79 Å². The van der Waals surface area contributed by atoms with E-state index in [4.69, 9.17) is 4.74 Å². The normalized spacial score (nSPS) is 26.8. The lowest BCUT2D eigenvalue weighted by Gasteiger charge is -2.14. The number of hydrogen-bond acceptors (Lipinski definition) is 3. The minimum absolute atomic E-state index is 0.284. The summed E-state index contributed by atoms with van der Waals surface area (Å²) in [6.45, 7) is 4.52. The van der Waals surface area contributed by atoms with Crippen molar-refractivity contribution in [1.82, 2.24) is 10.6 Å². The number of carbonyl (C=O) groups excluding carboxylic acids is 1. The molecule has 1 rings (SSSR count). The third-order valence-electron chi connectivity index (χ3n) is 1.77. The van der Waals surface area contributed by atoms with Crippen molar-refractivity contribution in [3.63, 3.8) is 0 Å². The molecule has 1 fully saturated rings. The smallest absolute Gasteiger partial charge is 0.315 e. The number of carbonyl (C=O) groups is 1. The zero-order chi connectivity index (χ0) is 9.68. The topological polar surface area (TPSA) is 70.6 Å². The zero-order valence-corrected chi connectivity index (χ0v) is 7.32. The Balaban J connectivity index is 2.22. The van der Waals surface area contributed by atoms with Gasteiger partial charge in [0.15, 0.2) is 0 Å². The summed E-state index contributed by atoms with van der Waals surface area (Å²) in [7, 11) is 0. The minimum atomic E-state index is -0.602. The highest BCUT2D eigenvalue weighted by Gasteiger charge is 2.27. The van der Waals surface area contributed by atoms with Crippen molar-refractivity contribution in [2.75, 3.05) is 19.8 Å². The molecule has 0 aromatic heterocycles. The van der Waals surface area contributed by atoms with Gasteiger partial charge in [-0.05, 0) is 0 Å². The Morgan fingerprint density at radius 2 is 2.46 bits per heavy atom. The Bertz CT molecular complexity index is 196. The van der Waals surface area contributed by atoms with Crippen molar-refractivity contribution >= 4 is 6.03 Å². The Morgan fingerprint density at radius 3 is 3.00 bits per heavy atom. The fourth-order valence-corrected chi connectivity index (χ4v) is 1.07. The van der Waals surface area contributed by atoms with Gasteiger partial charge in [-0.3, -0.25) is 0 Å². The number of urea groups is 1. The molecule has 0 radical (unpaired) electrons. The van der Waals surface area contributed by atoms with Crippen LogP contribution in [0.5, 0.6) is 0 Å². The van der Waals surface area contributed by atoms with E-state index in [-0.39, 0.29) is 18.7 Å². The molecule has 0 saturated carbocycles. The third kappa shape index (κ3) is 3.04. The molecule has 1 aliphatic heterocycles. The lowest BCUT2D eigenvalue weighted by atomic mass is 10.2. The van der Waals surface area contributed by atoms with Crippen molar-refractivity contribution < 1.29 is 14.6 Å². The van der Waals surface area contributed by atoms with E-state index in [9.17, 15) is 9.90 Å². The molecule has 2 amide bonds. The summed E-state index contributed by atoms with van der Waals surface area (Å²) in [5.74, 6) is 0. The second kappa shape index (κ2) is 4.84. The average molecular weight is 186 g/mol. The van der Waals surface area contributed by atoms with E-state index in [1.165, 1.54) is 0 Å². The molecule has 0 aromatic rings. The third-order valence-corrected chi connectivity index (χ3v) is 1.77. The van der Waals surface area contributed by atoms with Crippen LogP contribution in [0.1, 0.15) is 0 Å². The fraction of sp³-hybridized carbons (Fsp3) is 0.625. The molecule has 5 nitrogen and oxygen atoms in total. The molecule has 1 saturated heterocycles. The van der Waals surface area contributed by atoms with Gasteiger partial charge in [-0.2, -0.15) is 0 Å². The van der Waals surface area contributed by atoms with Crippen LogP contribution in [0.2, 0.25) is 0 Å². The maximum atomic E-state index is 11.1. The van der Waals surface area contributed by atoms with Gasteiger partial charge in [0.1, 0.15) is 0 Å². The van der Waals surface area contributed by atoms with Crippen LogP contribution in [0.3, 0.4) is 0 Å². The van der Waals surface area contributed by atoms with Crippen LogP contribution in [-0.4, -0.2) is 43.0 Å². The predicted molar refractivity (Wildman–Crippen MR) is 47.3 cm³/mol. The van der Waals surface area contributed by atoms with Gasteiger partial charge in [0.25, 0.3) is 0 Å². The molecule has 2 unspecified atom stereocenters. The number of rotatable bonds is 3. The molecule has 0 spiro atoms.